The number of esters is 1. The average Bonchev–Trinajstić information content (AvgIpc) is 3.03. The SMILES string of the molecule is O=C(O[C@H]1CO[C@H]2[C@@H]1OC[C@]2(O)C#CS)c1ccccc1. The van der Waals surface area contributed by atoms with Crippen molar-refractivity contribution in [2.45, 2.75) is 23.9 Å². The molecule has 6 heteroatoms. The molecule has 3 rings (SSSR count). The highest BCUT2D eigenvalue weighted by Crippen LogP contribution is 2.35. The van der Waals surface area contributed by atoms with E-state index in [1.807, 2.05) is 6.07 Å². The minimum atomic E-state index is -1.40. The van der Waals surface area contributed by atoms with Crippen molar-refractivity contribution in [1.82, 2.24) is 0 Å². The van der Waals surface area contributed by atoms with Gasteiger partial charge < -0.3 is 19.3 Å². The maximum Gasteiger partial charge on any atom is 0.338 e. The second kappa shape index (κ2) is 5.70. The average molecular weight is 306 g/mol. The van der Waals surface area contributed by atoms with E-state index in [2.05, 4.69) is 23.8 Å². The largest absolute Gasteiger partial charge is 0.453 e. The molecule has 2 fully saturated rings. The minimum absolute atomic E-state index is 0.00921. The van der Waals surface area contributed by atoms with Crippen molar-refractivity contribution < 1.29 is 24.1 Å². The fourth-order valence-corrected chi connectivity index (χ4v) is 2.77. The van der Waals surface area contributed by atoms with Crippen LogP contribution in [0.25, 0.3) is 0 Å². The van der Waals surface area contributed by atoms with Crippen molar-refractivity contribution in [3.8, 4) is 11.2 Å². The fraction of sp³-hybridized carbons (Fsp3) is 0.400. The Hall–Kier alpha value is -1.52. The van der Waals surface area contributed by atoms with Crippen LogP contribution in [0.3, 0.4) is 0 Å². The van der Waals surface area contributed by atoms with Gasteiger partial charge in [0.2, 0.25) is 0 Å². The van der Waals surface area contributed by atoms with Gasteiger partial charge in [0, 0.05) is 0 Å². The van der Waals surface area contributed by atoms with Crippen LogP contribution in [0.1, 0.15) is 10.4 Å². The van der Waals surface area contributed by atoms with Crippen LogP contribution in [-0.4, -0.2) is 48.2 Å². The lowest BCUT2D eigenvalue weighted by Crippen LogP contribution is -2.42. The summed E-state index contributed by atoms with van der Waals surface area (Å²) >= 11 is 3.79. The number of ether oxygens (including phenoxy) is 3. The topological polar surface area (TPSA) is 65.0 Å². The van der Waals surface area contributed by atoms with Crippen LogP contribution in [0.15, 0.2) is 30.3 Å². The zero-order chi connectivity index (χ0) is 14.9. The summed E-state index contributed by atoms with van der Waals surface area (Å²) in [6.45, 7) is 0.180. The second-order valence-electron chi connectivity index (χ2n) is 5.00. The maximum atomic E-state index is 12.0. The van der Waals surface area contributed by atoms with Crippen molar-refractivity contribution in [2.24, 2.45) is 0 Å². The van der Waals surface area contributed by atoms with Crippen molar-refractivity contribution in [1.29, 1.82) is 0 Å². The summed E-state index contributed by atoms with van der Waals surface area (Å²) in [6, 6.07) is 8.69. The van der Waals surface area contributed by atoms with Crippen LogP contribution in [-0.2, 0) is 14.2 Å². The number of aliphatic hydroxyl groups is 1. The smallest absolute Gasteiger partial charge is 0.338 e. The summed E-state index contributed by atoms with van der Waals surface area (Å²) in [4.78, 5) is 12.0. The van der Waals surface area contributed by atoms with Gasteiger partial charge in [-0.25, -0.2) is 4.79 Å². The fourth-order valence-electron chi connectivity index (χ4n) is 2.58. The van der Waals surface area contributed by atoms with Crippen LogP contribution in [0.4, 0.5) is 0 Å². The van der Waals surface area contributed by atoms with E-state index in [1.165, 1.54) is 0 Å². The Morgan fingerprint density at radius 3 is 2.86 bits per heavy atom. The first-order chi connectivity index (χ1) is 10.1. The molecule has 2 heterocycles. The lowest BCUT2D eigenvalue weighted by molar-refractivity contribution is -0.0386. The van der Waals surface area contributed by atoms with Gasteiger partial charge in [-0.3, -0.25) is 0 Å². The third-order valence-electron chi connectivity index (χ3n) is 3.61. The van der Waals surface area contributed by atoms with Crippen LogP contribution in [0.2, 0.25) is 0 Å². The Morgan fingerprint density at radius 1 is 1.38 bits per heavy atom. The number of benzene rings is 1. The van der Waals surface area contributed by atoms with Crippen LogP contribution >= 0.6 is 12.6 Å². The first kappa shape index (κ1) is 14.4. The van der Waals surface area contributed by atoms with Crippen molar-refractivity contribution in [2.75, 3.05) is 13.2 Å². The highest BCUT2D eigenvalue weighted by molar-refractivity contribution is 7.85. The molecule has 0 aromatic heterocycles. The zero-order valence-electron chi connectivity index (χ0n) is 11.1. The summed E-state index contributed by atoms with van der Waals surface area (Å²) in [5.41, 5.74) is -0.940. The van der Waals surface area contributed by atoms with E-state index in [0.717, 1.165) is 0 Å². The van der Waals surface area contributed by atoms with E-state index in [-0.39, 0.29) is 13.2 Å². The lowest BCUT2D eigenvalue weighted by Gasteiger charge is -2.20. The van der Waals surface area contributed by atoms with Gasteiger partial charge in [0.1, 0.15) is 12.2 Å². The van der Waals surface area contributed by atoms with Gasteiger partial charge in [0.25, 0.3) is 0 Å². The molecule has 5 nitrogen and oxygen atoms in total. The number of rotatable bonds is 2. The molecule has 0 radical (unpaired) electrons. The minimum Gasteiger partial charge on any atom is -0.453 e. The number of carbonyl (C=O) groups is 1. The Kier molecular flexibility index (Phi) is 3.91. The van der Waals surface area contributed by atoms with Gasteiger partial charge >= 0.3 is 5.97 Å². The molecule has 0 spiro atoms. The predicted molar refractivity (Wildman–Crippen MR) is 76.8 cm³/mol. The van der Waals surface area contributed by atoms with E-state index >= 15 is 0 Å². The highest BCUT2D eigenvalue weighted by atomic mass is 32.1. The number of carbonyl (C=O) groups excluding carboxylic acids is 1. The quantitative estimate of drug-likeness (QED) is 0.477. The predicted octanol–water partition coefficient (Wildman–Crippen LogP) is 0.631. The van der Waals surface area contributed by atoms with Gasteiger partial charge in [-0.05, 0) is 17.4 Å². The molecular weight excluding hydrogens is 292 g/mol. The van der Waals surface area contributed by atoms with E-state index in [0.29, 0.717) is 5.56 Å². The van der Waals surface area contributed by atoms with Gasteiger partial charge in [0.05, 0.1) is 18.8 Å². The molecule has 0 bridgehead atoms. The second-order valence-corrected chi connectivity index (χ2v) is 5.22. The van der Waals surface area contributed by atoms with Crippen molar-refractivity contribution in [3.63, 3.8) is 0 Å². The molecular formula is C15H14O5S. The normalized spacial score (nSPS) is 33.9. The molecule has 0 unspecified atom stereocenters. The lowest BCUT2D eigenvalue weighted by atomic mass is 9.97. The summed E-state index contributed by atoms with van der Waals surface area (Å²) < 4.78 is 16.4. The van der Waals surface area contributed by atoms with Gasteiger partial charge in [-0.1, -0.05) is 36.7 Å². The van der Waals surface area contributed by atoms with Crippen LogP contribution in [0, 0.1) is 11.2 Å². The molecule has 0 saturated carbocycles. The zero-order valence-corrected chi connectivity index (χ0v) is 12.0. The molecule has 1 N–H and O–H groups in total. The highest BCUT2D eigenvalue weighted by Gasteiger charge is 2.56. The van der Waals surface area contributed by atoms with E-state index in [4.69, 9.17) is 14.2 Å². The standard InChI is InChI=1S/C15H14O5S/c16-14(10-4-2-1-3-5-10)20-11-8-18-13-12(11)19-9-15(13,17)6-7-21/h1-5,11-13,17,21H,8-9H2/t11-,12+,13-,15+/m0/s1. The first-order valence-corrected chi connectivity index (χ1v) is 6.96. The number of fused-ring (bicyclic) bond motifs is 1. The van der Waals surface area contributed by atoms with Gasteiger partial charge in [-0.15, -0.1) is 0 Å². The van der Waals surface area contributed by atoms with Crippen molar-refractivity contribution >= 4 is 18.6 Å². The van der Waals surface area contributed by atoms with Crippen molar-refractivity contribution in [3.05, 3.63) is 35.9 Å². The number of hydrogen-bond donors (Lipinski definition) is 2. The molecule has 2 saturated heterocycles. The number of hydrogen-bond acceptors (Lipinski definition) is 6. The Labute approximate surface area is 127 Å². The molecule has 2 aliphatic rings. The monoisotopic (exact) mass is 306 g/mol. The summed E-state index contributed by atoms with van der Waals surface area (Å²) in [6.07, 6.45) is -1.71. The Balaban J connectivity index is 1.69. The maximum absolute atomic E-state index is 12.0. The molecule has 110 valence electrons. The Bertz CT molecular complexity index is 593. The third-order valence-corrected chi connectivity index (χ3v) is 3.72. The number of thiol groups is 1. The van der Waals surface area contributed by atoms with Gasteiger partial charge in [-0.2, -0.15) is 0 Å². The molecule has 1 aromatic rings. The van der Waals surface area contributed by atoms with E-state index in [1.54, 1.807) is 24.3 Å². The molecule has 4 atom stereocenters. The molecule has 0 amide bonds. The molecule has 21 heavy (non-hydrogen) atoms. The van der Waals surface area contributed by atoms with Crippen LogP contribution in [0.5, 0.6) is 0 Å². The van der Waals surface area contributed by atoms with E-state index < -0.39 is 29.9 Å². The first-order valence-electron chi connectivity index (χ1n) is 6.52. The van der Waals surface area contributed by atoms with Crippen LogP contribution < -0.4 is 0 Å². The summed E-state index contributed by atoms with van der Waals surface area (Å²) in [7, 11) is 0. The van der Waals surface area contributed by atoms with E-state index in [9.17, 15) is 9.90 Å². The summed E-state index contributed by atoms with van der Waals surface area (Å²) in [5.74, 6) is 2.14. The molecule has 0 aliphatic carbocycles. The molecule has 1 aromatic carbocycles. The Morgan fingerprint density at radius 2 is 2.14 bits per heavy atom. The van der Waals surface area contributed by atoms with Gasteiger partial charge in [0.15, 0.2) is 11.7 Å². The molecule has 2 aliphatic heterocycles. The third kappa shape index (κ3) is 2.65. The summed E-state index contributed by atoms with van der Waals surface area (Å²) in [5, 5.41) is 12.7.